The summed E-state index contributed by atoms with van der Waals surface area (Å²) >= 11 is 9.92. The molecule has 0 aromatic heterocycles. The molecule has 11 heteroatoms. The van der Waals surface area contributed by atoms with Crippen molar-refractivity contribution in [1.82, 2.24) is 5.32 Å². The molecule has 2 aromatic rings. The number of primary amides is 1. The predicted molar refractivity (Wildman–Crippen MR) is 120 cm³/mol. The molecule has 3 N–H and O–H groups in total. The van der Waals surface area contributed by atoms with E-state index in [-0.39, 0.29) is 12.2 Å². The summed E-state index contributed by atoms with van der Waals surface area (Å²) in [5.41, 5.74) is 5.66. The molecule has 0 unspecified atom stereocenters. The SMILES string of the molecule is NC(=O)COc1c(Br)cc(/C=C2\C(=O)NC(=O)N(c3ccc(Br)cc3)C2=O)cc1Br. The lowest BCUT2D eigenvalue weighted by Crippen LogP contribution is -2.54. The lowest BCUT2D eigenvalue weighted by atomic mass is 10.1. The smallest absolute Gasteiger partial charge is 0.335 e. The number of amides is 5. The van der Waals surface area contributed by atoms with Crippen molar-refractivity contribution >= 4 is 83.3 Å². The van der Waals surface area contributed by atoms with Crippen LogP contribution in [-0.4, -0.2) is 30.4 Å². The van der Waals surface area contributed by atoms with Crippen LogP contribution in [0.25, 0.3) is 6.08 Å². The van der Waals surface area contributed by atoms with E-state index in [1.165, 1.54) is 6.08 Å². The normalized spacial score (nSPS) is 15.4. The van der Waals surface area contributed by atoms with E-state index in [4.69, 9.17) is 10.5 Å². The van der Waals surface area contributed by atoms with Crippen molar-refractivity contribution in [1.29, 1.82) is 0 Å². The fraction of sp³-hybridized carbons (Fsp3) is 0.0526. The Hall–Kier alpha value is -2.50. The minimum Gasteiger partial charge on any atom is -0.481 e. The lowest BCUT2D eigenvalue weighted by molar-refractivity contribution is -0.123. The number of nitrogens with one attached hydrogen (secondary N) is 1. The van der Waals surface area contributed by atoms with Crippen molar-refractivity contribution in [2.45, 2.75) is 0 Å². The highest BCUT2D eigenvalue weighted by atomic mass is 79.9. The van der Waals surface area contributed by atoms with Gasteiger partial charge in [-0.25, -0.2) is 9.69 Å². The summed E-state index contributed by atoms with van der Waals surface area (Å²) in [6.45, 7) is -0.317. The van der Waals surface area contributed by atoms with Crippen LogP contribution in [0.15, 0.2) is 55.4 Å². The molecular formula is C19H12Br3N3O5. The van der Waals surface area contributed by atoms with Crippen LogP contribution in [0, 0.1) is 0 Å². The number of carbonyl (C=O) groups is 4. The van der Waals surface area contributed by atoms with Gasteiger partial charge < -0.3 is 10.5 Å². The van der Waals surface area contributed by atoms with Crippen LogP contribution in [0.3, 0.4) is 0 Å². The van der Waals surface area contributed by atoms with Crippen LogP contribution >= 0.6 is 47.8 Å². The monoisotopic (exact) mass is 599 g/mol. The Labute approximate surface area is 195 Å². The van der Waals surface area contributed by atoms with E-state index in [9.17, 15) is 19.2 Å². The number of imide groups is 2. The molecule has 1 aliphatic heterocycles. The number of rotatable bonds is 5. The fourth-order valence-corrected chi connectivity index (χ4v) is 4.31. The molecule has 2 aromatic carbocycles. The molecule has 0 aliphatic carbocycles. The molecule has 1 saturated heterocycles. The molecule has 0 saturated carbocycles. The zero-order valence-electron chi connectivity index (χ0n) is 14.9. The minimum absolute atomic E-state index is 0.220. The molecule has 1 fully saturated rings. The molecule has 0 radical (unpaired) electrons. The second-order valence-electron chi connectivity index (χ2n) is 6.00. The van der Waals surface area contributed by atoms with Crippen molar-refractivity contribution in [2.75, 3.05) is 11.5 Å². The van der Waals surface area contributed by atoms with Gasteiger partial charge in [-0.3, -0.25) is 19.7 Å². The van der Waals surface area contributed by atoms with Crippen molar-refractivity contribution in [2.24, 2.45) is 5.73 Å². The number of benzene rings is 2. The molecule has 154 valence electrons. The average Bonchev–Trinajstić information content (AvgIpc) is 2.65. The quantitative estimate of drug-likeness (QED) is 0.402. The van der Waals surface area contributed by atoms with E-state index >= 15 is 0 Å². The molecular weight excluding hydrogens is 590 g/mol. The van der Waals surface area contributed by atoms with Gasteiger partial charge in [0.2, 0.25) is 0 Å². The van der Waals surface area contributed by atoms with Gasteiger partial charge in [-0.15, -0.1) is 0 Å². The fourth-order valence-electron chi connectivity index (χ4n) is 2.59. The zero-order valence-corrected chi connectivity index (χ0v) is 19.7. The molecule has 8 nitrogen and oxygen atoms in total. The summed E-state index contributed by atoms with van der Waals surface area (Å²) in [5.74, 6) is -1.86. The van der Waals surface area contributed by atoms with Gasteiger partial charge in [0, 0.05) is 4.47 Å². The third kappa shape index (κ3) is 4.79. The van der Waals surface area contributed by atoms with E-state index in [0.29, 0.717) is 25.9 Å². The van der Waals surface area contributed by atoms with Crippen LogP contribution in [0.5, 0.6) is 5.75 Å². The van der Waals surface area contributed by atoms with Crippen molar-refractivity contribution in [3.05, 3.63) is 61.0 Å². The zero-order chi connectivity index (χ0) is 22.0. The third-order valence-corrected chi connectivity index (χ3v) is 5.58. The number of carbonyl (C=O) groups excluding carboxylic acids is 4. The minimum atomic E-state index is -0.831. The van der Waals surface area contributed by atoms with Gasteiger partial charge in [0.15, 0.2) is 6.61 Å². The maximum atomic E-state index is 12.9. The van der Waals surface area contributed by atoms with Gasteiger partial charge in [0.05, 0.1) is 14.6 Å². The standard InChI is InChI=1S/C19H12Br3N3O5/c20-10-1-3-11(4-2-10)25-18(28)12(17(27)24-19(25)29)5-9-6-13(21)16(14(22)7-9)30-8-15(23)26/h1-7H,8H2,(H2,23,26)(H,24,27,29)/b12-5+. The maximum Gasteiger partial charge on any atom is 0.335 e. The predicted octanol–water partition coefficient (Wildman–Crippen LogP) is 3.50. The molecule has 1 aliphatic rings. The Kier molecular flexibility index (Phi) is 6.74. The summed E-state index contributed by atoms with van der Waals surface area (Å²) < 4.78 is 7.03. The van der Waals surface area contributed by atoms with Gasteiger partial charge in [-0.05, 0) is 79.9 Å². The van der Waals surface area contributed by atoms with Crippen LogP contribution < -0.4 is 20.7 Å². The summed E-state index contributed by atoms with van der Waals surface area (Å²) in [4.78, 5) is 49.3. The molecule has 3 rings (SSSR count). The number of hydrogen-bond donors (Lipinski definition) is 2. The summed E-state index contributed by atoms with van der Waals surface area (Å²) in [6, 6.07) is 8.86. The van der Waals surface area contributed by atoms with E-state index in [0.717, 1.165) is 9.37 Å². The first-order chi connectivity index (χ1) is 14.2. The van der Waals surface area contributed by atoms with Crippen LogP contribution in [0.2, 0.25) is 0 Å². The Morgan fingerprint density at radius 3 is 2.23 bits per heavy atom. The second kappa shape index (κ2) is 9.11. The highest BCUT2D eigenvalue weighted by Crippen LogP contribution is 2.35. The summed E-state index contributed by atoms with van der Waals surface area (Å²) in [5, 5.41) is 2.16. The maximum absolute atomic E-state index is 12.9. The summed E-state index contributed by atoms with van der Waals surface area (Å²) in [7, 11) is 0. The van der Waals surface area contributed by atoms with E-state index in [2.05, 4.69) is 53.1 Å². The largest absolute Gasteiger partial charge is 0.481 e. The highest BCUT2D eigenvalue weighted by molar-refractivity contribution is 9.11. The molecule has 1 heterocycles. The van der Waals surface area contributed by atoms with Gasteiger partial charge in [-0.2, -0.15) is 0 Å². The molecule has 0 bridgehead atoms. The first kappa shape index (κ1) is 22.2. The first-order valence-electron chi connectivity index (χ1n) is 8.24. The molecule has 5 amide bonds. The molecule has 0 spiro atoms. The number of anilines is 1. The van der Waals surface area contributed by atoms with Crippen molar-refractivity contribution in [3.63, 3.8) is 0 Å². The number of hydrogen-bond acceptors (Lipinski definition) is 5. The Morgan fingerprint density at radius 1 is 1.07 bits per heavy atom. The van der Waals surface area contributed by atoms with Crippen molar-refractivity contribution < 1.29 is 23.9 Å². The number of urea groups is 1. The number of nitrogens with zero attached hydrogens (tertiary/aromatic N) is 1. The van der Waals surface area contributed by atoms with Gasteiger partial charge in [-0.1, -0.05) is 15.9 Å². The number of halogens is 3. The Balaban J connectivity index is 1.96. The molecule has 0 atom stereocenters. The Bertz CT molecular complexity index is 1080. The van der Waals surface area contributed by atoms with Gasteiger partial charge >= 0.3 is 6.03 Å². The van der Waals surface area contributed by atoms with Crippen LogP contribution in [-0.2, 0) is 14.4 Å². The molecule has 30 heavy (non-hydrogen) atoms. The highest BCUT2D eigenvalue weighted by Gasteiger charge is 2.36. The number of barbiturate groups is 1. The Morgan fingerprint density at radius 2 is 1.67 bits per heavy atom. The third-order valence-electron chi connectivity index (χ3n) is 3.88. The van der Waals surface area contributed by atoms with Gasteiger partial charge in [0.1, 0.15) is 11.3 Å². The van der Waals surface area contributed by atoms with Gasteiger partial charge in [0.25, 0.3) is 17.7 Å². The second-order valence-corrected chi connectivity index (χ2v) is 8.63. The summed E-state index contributed by atoms with van der Waals surface area (Å²) in [6.07, 6.45) is 1.35. The average molecular weight is 602 g/mol. The lowest BCUT2D eigenvalue weighted by Gasteiger charge is -2.26. The van der Waals surface area contributed by atoms with Crippen molar-refractivity contribution in [3.8, 4) is 5.75 Å². The topological polar surface area (TPSA) is 119 Å². The van der Waals surface area contributed by atoms with E-state index < -0.39 is 23.8 Å². The van der Waals surface area contributed by atoms with Crippen LogP contribution in [0.1, 0.15) is 5.56 Å². The van der Waals surface area contributed by atoms with Crippen LogP contribution in [0.4, 0.5) is 10.5 Å². The first-order valence-corrected chi connectivity index (χ1v) is 10.6. The van der Waals surface area contributed by atoms with E-state index in [1.807, 2.05) is 0 Å². The number of nitrogens with two attached hydrogens (primary N) is 1. The van der Waals surface area contributed by atoms with E-state index in [1.54, 1.807) is 36.4 Å². The number of ether oxygens (including phenoxy) is 1.